The lowest BCUT2D eigenvalue weighted by Crippen LogP contribution is -2.03. The number of hydrogen-bond donors (Lipinski definition) is 0. The zero-order valence-corrected chi connectivity index (χ0v) is 11.6. The van der Waals surface area contributed by atoms with Crippen LogP contribution in [0.15, 0.2) is 30.3 Å². The smallest absolute Gasteiger partial charge is 0.133 e. The maximum absolute atomic E-state index is 13.7. The molecule has 0 aliphatic carbocycles. The Kier molecular flexibility index (Phi) is 4.16. The molecule has 0 heterocycles. The summed E-state index contributed by atoms with van der Waals surface area (Å²) in [5, 5.41) is 0.168. The highest BCUT2D eigenvalue weighted by atomic mass is 79.9. The van der Waals surface area contributed by atoms with E-state index in [-0.39, 0.29) is 10.6 Å². The van der Waals surface area contributed by atoms with Gasteiger partial charge in [0.15, 0.2) is 0 Å². The van der Waals surface area contributed by atoms with Gasteiger partial charge in [0.25, 0.3) is 0 Å². The van der Waals surface area contributed by atoms with Gasteiger partial charge in [0.05, 0.1) is 4.83 Å². The van der Waals surface area contributed by atoms with E-state index in [0.29, 0.717) is 12.1 Å². The van der Waals surface area contributed by atoms with Crippen molar-refractivity contribution in [1.82, 2.24) is 0 Å². The zero-order chi connectivity index (χ0) is 14.2. The molecule has 1 unspecified atom stereocenters. The number of alkyl halides is 1. The fraction of sp³-hybridized carbons (Fsp3) is 0.0769. The largest absolute Gasteiger partial charge is 0.207 e. The van der Waals surface area contributed by atoms with Crippen molar-refractivity contribution in [2.24, 2.45) is 0 Å². The van der Waals surface area contributed by atoms with Crippen LogP contribution in [0.25, 0.3) is 0 Å². The minimum Gasteiger partial charge on any atom is -0.207 e. The van der Waals surface area contributed by atoms with Gasteiger partial charge in [0.2, 0.25) is 0 Å². The molecule has 0 aliphatic rings. The Balaban J connectivity index is 2.53. The molecule has 0 bridgehead atoms. The van der Waals surface area contributed by atoms with Gasteiger partial charge in [-0.1, -0.05) is 33.6 Å². The van der Waals surface area contributed by atoms with E-state index in [1.165, 1.54) is 12.1 Å². The summed E-state index contributed by atoms with van der Waals surface area (Å²) in [4.78, 5) is -1.08. The van der Waals surface area contributed by atoms with Crippen LogP contribution >= 0.6 is 27.5 Å². The Morgan fingerprint density at radius 3 is 2.00 bits per heavy atom. The van der Waals surface area contributed by atoms with E-state index in [4.69, 9.17) is 11.6 Å². The molecule has 0 N–H and O–H groups in total. The number of benzene rings is 2. The molecule has 0 radical (unpaired) electrons. The first-order valence-corrected chi connectivity index (χ1v) is 6.43. The minimum absolute atomic E-state index is 0.00816. The second-order valence-electron chi connectivity index (χ2n) is 3.81. The highest BCUT2D eigenvalue weighted by Gasteiger charge is 2.23. The fourth-order valence-electron chi connectivity index (χ4n) is 1.66. The molecule has 2 rings (SSSR count). The van der Waals surface area contributed by atoms with Crippen molar-refractivity contribution < 1.29 is 17.6 Å². The van der Waals surface area contributed by atoms with Crippen LogP contribution in [0.1, 0.15) is 16.0 Å². The lowest BCUT2D eigenvalue weighted by Gasteiger charge is -2.14. The van der Waals surface area contributed by atoms with Gasteiger partial charge in [0.1, 0.15) is 23.3 Å². The third kappa shape index (κ3) is 2.92. The Morgan fingerprint density at radius 2 is 1.47 bits per heavy atom. The van der Waals surface area contributed by atoms with Crippen LogP contribution in [-0.4, -0.2) is 0 Å². The summed E-state index contributed by atoms with van der Waals surface area (Å²) in [6, 6.07) is 4.82. The van der Waals surface area contributed by atoms with E-state index in [0.717, 1.165) is 6.07 Å². The van der Waals surface area contributed by atoms with Crippen molar-refractivity contribution in [1.29, 1.82) is 0 Å². The predicted molar refractivity (Wildman–Crippen MR) is 68.5 cm³/mol. The molecule has 0 aromatic heterocycles. The number of hydrogen-bond acceptors (Lipinski definition) is 0. The van der Waals surface area contributed by atoms with Crippen molar-refractivity contribution in [3.8, 4) is 0 Å². The van der Waals surface area contributed by atoms with Crippen LogP contribution in [0.2, 0.25) is 5.02 Å². The normalized spacial score (nSPS) is 12.5. The Labute approximate surface area is 120 Å². The van der Waals surface area contributed by atoms with Crippen LogP contribution in [0, 0.1) is 23.3 Å². The average Bonchev–Trinajstić information content (AvgIpc) is 2.26. The third-order valence-electron chi connectivity index (χ3n) is 2.53. The first kappa shape index (κ1) is 14.3. The molecule has 0 aliphatic heterocycles. The predicted octanol–water partition coefficient (Wildman–Crippen LogP) is 5.38. The maximum atomic E-state index is 13.7. The summed E-state index contributed by atoms with van der Waals surface area (Å²) in [6.45, 7) is 0. The van der Waals surface area contributed by atoms with Crippen LogP contribution in [0.5, 0.6) is 0 Å². The first-order valence-electron chi connectivity index (χ1n) is 5.13. The highest BCUT2D eigenvalue weighted by molar-refractivity contribution is 9.09. The second-order valence-corrected chi connectivity index (χ2v) is 5.16. The summed E-state index contributed by atoms with van der Waals surface area (Å²) >= 11 is 8.61. The van der Waals surface area contributed by atoms with Crippen molar-refractivity contribution >= 4 is 27.5 Å². The summed E-state index contributed by atoms with van der Waals surface area (Å²) < 4.78 is 53.7. The Bertz CT molecular complexity index is 607. The van der Waals surface area contributed by atoms with E-state index in [2.05, 4.69) is 15.9 Å². The van der Waals surface area contributed by atoms with Gasteiger partial charge in [0, 0.05) is 28.3 Å². The molecule has 19 heavy (non-hydrogen) atoms. The van der Waals surface area contributed by atoms with Crippen LogP contribution in [0.3, 0.4) is 0 Å². The minimum atomic E-state index is -1.09. The molecule has 0 fully saturated rings. The summed E-state index contributed by atoms with van der Waals surface area (Å²) in [7, 11) is 0. The first-order chi connectivity index (χ1) is 8.90. The molecule has 0 saturated carbocycles. The second kappa shape index (κ2) is 5.51. The lowest BCUT2D eigenvalue weighted by atomic mass is 10.0. The molecule has 2 aromatic carbocycles. The Morgan fingerprint density at radius 1 is 0.895 bits per heavy atom. The average molecular weight is 354 g/mol. The molecule has 6 heteroatoms. The van der Waals surface area contributed by atoms with Gasteiger partial charge >= 0.3 is 0 Å². The molecular weight excluding hydrogens is 347 g/mol. The number of rotatable bonds is 2. The summed E-state index contributed by atoms with van der Waals surface area (Å²) in [5.74, 6) is -3.92. The number of halogens is 6. The maximum Gasteiger partial charge on any atom is 0.133 e. The lowest BCUT2D eigenvalue weighted by molar-refractivity contribution is 0.525. The van der Waals surface area contributed by atoms with Gasteiger partial charge in [-0.3, -0.25) is 0 Å². The van der Waals surface area contributed by atoms with Crippen molar-refractivity contribution in [2.75, 3.05) is 0 Å². The third-order valence-corrected chi connectivity index (χ3v) is 3.72. The monoisotopic (exact) mass is 352 g/mol. The quantitative estimate of drug-likeness (QED) is 0.502. The van der Waals surface area contributed by atoms with Crippen molar-refractivity contribution in [3.63, 3.8) is 0 Å². The molecule has 100 valence electrons. The molecule has 0 spiro atoms. The molecule has 0 saturated heterocycles. The van der Waals surface area contributed by atoms with Gasteiger partial charge in [-0.25, -0.2) is 17.6 Å². The standard InChI is InChI=1S/C13H6BrClF4/c14-13(8-2-1-6(15)3-9(8)17)12-10(18)4-7(16)5-11(12)19/h1-5,13H. The van der Waals surface area contributed by atoms with Crippen molar-refractivity contribution in [3.05, 3.63) is 69.8 Å². The molecule has 0 amide bonds. The summed E-state index contributed by atoms with van der Waals surface area (Å²) in [5.41, 5.74) is -0.448. The molecule has 0 nitrogen and oxygen atoms in total. The molecular formula is C13H6BrClF4. The summed E-state index contributed by atoms with van der Waals surface area (Å²) in [6.07, 6.45) is 0. The SMILES string of the molecule is Fc1cc(F)c(C(Br)c2ccc(Cl)cc2F)c(F)c1. The van der Waals surface area contributed by atoms with E-state index >= 15 is 0 Å². The van der Waals surface area contributed by atoms with E-state index in [1.54, 1.807) is 0 Å². The van der Waals surface area contributed by atoms with Gasteiger partial charge in [-0.2, -0.15) is 0 Å². The van der Waals surface area contributed by atoms with E-state index in [9.17, 15) is 17.6 Å². The Hall–Kier alpha value is -1.07. The van der Waals surface area contributed by atoms with Gasteiger partial charge in [-0.15, -0.1) is 0 Å². The van der Waals surface area contributed by atoms with Crippen LogP contribution < -0.4 is 0 Å². The topological polar surface area (TPSA) is 0 Å². The van der Waals surface area contributed by atoms with E-state index in [1.807, 2.05) is 0 Å². The van der Waals surface area contributed by atoms with Gasteiger partial charge < -0.3 is 0 Å². The van der Waals surface area contributed by atoms with Crippen LogP contribution in [-0.2, 0) is 0 Å². The molecule has 1 atom stereocenters. The van der Waals surface area contributed by atoms with Gasteiger partial charge in [-0.05, 0) is 12.1 Å². The van der Waals surface area contributed by atoms with E-state index < -0.39 is 33.7 Å². The fourth-order valence-corrected chi connectivity index (χ4v) is 2.63. The van der Waals surface area contributed by atoms with Crippen LogP contribution in [0.4, 0.5) is 17.6 Å². The van der Waals surface area contributed by atoms with Crippen molar-refractivity contribution in [2.45, 2.75) is 4.83 Å². The molecule has 2 aromatic rings. The highest BCUT2D eigenvalue weighted by Crippen LogP contribution is 2.36. The zero-order valence-electron chi connectivity index (χ0n) is 9.23.